The maximum Gasteiger partial charge on any atom is 0.243 e. The molecule has 1 aromatic rings. The molecule has 1 N–H and O–H groups in total. The zero-order chi connectivity index (χ0) is 13.2. The Bertz CT molecular complexity index is 403. The predicted octanol–water partition coefficient (Wildman–Crippen LogP) is 2.76. The summed E-state index contributed by atoms with van der Waals surface area (Å²) in [7, 11) is 1.69. The fraction of sp³-hybridized carbons (Fsp3) is 0.857. The summed E-state index contributed by atoms with van der Waals surface area (Å²) in [4.78, 5) is 4.53. The van der Waals surface area contributed by atoms with Gasteiger partial charge >= 0.3 is 0 Å². The summed E-state index contributed by atoms with van der Waals surface area (Å²) in [6, 6.07) is 0.891. The lowest BCUT2D eigenvalue weighted by atomic mass is 9.85. The first-order valence-electron chi connectivity index (χ1n) is 7.44. The molecule has 0 amide bonds. The van der Waals surface area contributed by atoms with Crippen LogP contribution < -0.4 is 5.32 Å². The summed E-state index contributed by atoms with van der Waals surface area (Å²) in [5.74, 6) is 2.20. The Hall–Kier alpha value is -0.940. The van der Waals surface area contributed by atoms with E-state index < -0.39 is 0 Å². The van der Waals surface area contributed by atoms with Gasteiger partial charge in [-0.15, -0.1) is 0 Å². The third kappa shape index (κ3) is 2.54. The van der Waals surface area contributed by atoms with Gasteiger partial charge in [-0.3, -0.25) is 0 Å². The summed E-state index contributed by atoms with van der Waals surface area (Å²) in [6.07, 6.45) is 7.28. The molecule has 2 heterocycles. The number of methoxy groups -OCH3 is 1. The second kappa shape index (κ2) is 5.59. The number of rotatable bonds is 4. The molecule has 2 fully saturated rings. The van der Waals surface area contributed by atoms with E-state index in [1.54, 1.807) is 7.11 Å². The van der Waals surface area contributed by atoms with Crippen LogP contribution in [0, 0.1) is 5.92 Å². The second-order valence-corrected chi connectivity index (χ2v) is 5.73. The normalized spacial score (nSPS) is 32.2. The standard InChI is InChI=1S/C14H23N3O2/c1-3-12(18-2)13-16-14(19-17-13)11-8-9-6-4-5-7-10(9)15-11/h9-12,15H,3-8H2,1-2H3. The fourth-order valence-corrected chi connectivity index (χ4v) is 3.48. The molecule has 0 spiro atoms. The Kier molecular flexibility index (Phi) is 3.84. The number of hydrogen-bond acceptors (Lipinski definition) is 5. The van der Waals surface area contributed by atoms with Crippen LogP contribution in [0.4, 0.5) is 0 Å². The number of ether oxygens (including phenoxy) is 1. The molecule has 5 heteroatoms. The molecular formula is C14H23N3O2. The highest BCUT2D eigenvalue weighted by Crippen LogP contribution is 2.38. The van der Waals surface area contributed by atoms with Gasteiger partial charge in [0.05, 0.1) is 6.04 Å². The van der Waals surface area contributed by atoms with Crippen LogP contribution in [0.25, 0.3) is 0 Å². The number of hydrogen-bond donors (Lipinski definition) is 1. The van der Waals surface area contributed by atoms with Gasteiger partial charge in [-0.25, -0.2) is 0 Å². The Morgan fingerprint density at radius 3 is 3.00 bits per heavy atom. The minimum Gasteiger partial charge on any atom is -0.373 e. The van der Waals surface area contributed by atoms with Gasteiger partial charge in [0.1, 0.15) is 6.10 Å². The Morgan fingerprint density at radius 2 is 2.26 bits per heavy atom. The fourth-order valence-electron chi connectivity index (χ4n) is 3.48. The first-order chi connectivity index (χ1) is 9.31. The minimum atomic E-state index is -0.0545. The molecule has 3 rings (SSSR count). The zero-order valence-corrected chi connectivity index (χ0v) is 11.8. The third-order valence-electron chi connectivity index (χ3n) is 4.56. The van der Waals surface area contributed by atoms with Crippen molar-refractivity contribution in [3.8, 4) is 0 Å². The van der Waals surface area contributed by atoms with Crippen LogP contribution in [-0.4, -0.2) is 23.3 Å². The number of aromatic nitrogens is 2. The van der Waals surface area contributed by atoms with Crippen molar-refractivity contribution in [2.45, 2.75) is 63.6 Å². The Labute approximate surface area is 114 Å². The maximum atomic E-state index is 5.44. The molecule has 2 aliphatic rings. The molecule has 1 aromatic heterocycles. The Balaban J connectivity index is 1.69. The van der Waals surface area contributed by atoms with Gasteiger partial charge in [0.25, 0.3) is 0 Å². The van der Waals surface area contributed by atoms with Gasteiger partial charge in [0.15, 0.2) is 0 Å². The first kappa shape index (κ1) is 13.1. The van der Waals surface area contributed by atoms with Crippen molar-refractivity contribution in [2.24, 2.45) is 5.92 Å². The quantitative estimate of drug-likeness (QED) is 0.907. The van der Waals surface area contributed by atoms with E-state index in [9.17, 15) is 0 Å². The molecule has 0 radical (unpaired) electrons. The largest absolute Gasteiger partial charge is 0.373 e. The van der Waals surface area contributed by atoms with Crippen LogP contribution in [-0.2, 0) is 4.74 Å². The molecule has 4 atom stereocenters. The van der Waals surface area contributed by atoms with E-state index in [0.717, 1.165) is 24.7 Å². The van der Waals surface area contributed by atoms with Crippen molar-refractivity contribution in [3.63, 3.8) is 0 Å². The smallest absolute Gasteiger partial charge is 0.243 e. The van der Waals surface area contributed by atoms with E-state index in [0.29, 0.717) is 11.9 Å². The highest BCUT2D eigenvalue weighted by Gasteiger charge is 2.38. The van der Waals surface area contributed by atoms with Crippen molar-refractivity contribution >= 4 is 0 Å². The van der Waals surface area contributed by atoms with Crippen molar-refractivity contribution in [3.05, 3.63) is 11.7 Å². The second-order valence-electron chi connectivity index (χ2n) is 5.73. The van der Waals surface area contributed by atoms with E-state index in [1.165, 1.54) is 25.7 Å². The van der Waals surface area contributed by atoms with Crippen LogP contribution in [0.15, 0.2) is 4.52 Å². The lowest BCUT2D eigenvalue weighted by molar-refractivity contribution is 0.0903. The van der Waals surface area contributed by atoms with Crippen molar-refractivity contribution in [2.75, 3.05) is 7.11 Å². The van der Waals surface area contributed by atoms with Crippen LogP contribution in [0.5, 0.6) is 0 Å². The molecule has 1 aliphatic carbocycles. The third-order valence-corrected chi connectivity index (χ3v) is 4.56. The minimum absolute atomic E-state index is 0.0545. The Morgan fingerprint density at radius 1 is 1.42 bits per heavy atom. The molecule has 0 aromatic carbocycles. The average molecular weight is 265 g/mol. The molecule has 1 saturated heterocycles. The summed E-state index contributed by atoms with van der Waals surface area (Å²) < 4.78 is 10.8. The van der Waals surface area contributed by atoms with Crippen LogP contribution in [0.2, 0.25) is 0 Å². The lowest BCUT2D eigenvalue weighted by Gasteiger charge is -2.24. The van der Waals surface area contributed by atoms with Gasteiger partial charge in [0, 0.05) is 13.2 Å². The average Bonchev–Trinajstić information content (AvgIpc) is 3.06. The molecular weight excluding hydrogens is 242 g/mol. The SMILES string of the molecule is CCC(OC)c1noc(C2CC3CCCCC3N2)n1. The van der Waals surface area contributed by atoms with Gasteiger partial charge in [-0.05, 0) is 31.6 Å². The van der Waals surface area contributed by atoms with E-state index in [-0.39, 0.29) is 12.1 Å². The molecule has 5 nitrogen and oxygen atoms in total. The van der Waals surface area contributed by atoms with E-state index in [4.69, 9.17) is 9.26 Å². The van der Waals surface area contributed by atoms with Crippen molar-refractivity contribution in [1.82, 2.24) is 15.5 Å². The van der Waals surface area contributed by atoms with Gasteiger partial charge in [-0.1, -0.05) is 24.9 Å². The van der Waals surface area contributed by atoms with Crippen LogP contribution in [0.3, 0.4) is 0 Å². The van der Waals surface area contributed by atoms with E-state index >= 15 is 0 Å². The molecule has 106 valence electrons. The first-order valence-corrected chi connectivity index (χ1v) is 7.44. The zero-order valence-electron chi connectivity index (χ0n) is 11.8. The van der Waals surface area contributed by atoms with Crippen molar-refractivity contribution < 1.29 is 9.26 Å². The lowest BCUT2D eigenvalue weighted by Crippen LogP contribution is -2.30. The summed E-state index contributed by atoms with van der Waals surface area (Å²) in [5, 5.41) is 7.73. The van der Waals surface area contributed by atoms with Crippen LogP contribution >= 0.6 is 0 Å². The molecule has 1 saturated carbocycles. The summed E-state index contributed by atoms with van der Waals surface area (Å²) in [5.41, 5.74) is 0. The van der Waals surface area contributed by atoms with Gasteiger partial charge in [-0.2, -0.15) is 4.98 Å². The molecule has 1 aliphatic heterocycles. The van der Waals surface area contributed by atoms with Crippen LogP contribution in [0.1, 0.15) is 69.3 Å². The number of nitrogens with zero attached hydrogens (tertiary/aromatic N) is 2. The summed E-state index contributed by atoms with van der Waals surface area (Å²) in [6.45, 7) is 2.06. The van der Waals surface area contributed by atoms with E-state index in [1.807, 2.05) is 0 Å². The topological polar surface area (TPSA) is 60.2 Å². The van der Waals surface area contributed by atoms with Gasteiger partial charge in [0.2, 0.25) is 11.7 Å². The molecule has 19 heavy (non-hydrogen) atoms. The van der Waals surface area contributed by atoms with E-state index in [2.05, 4.69) is 22.4 Å². The summed E-state index contributed by atoms with van der Waals surface area (Å²) >= 11 is 0. The number of nitrogens with one attached hydrogen (secondary N) is 1. The highest BCUT2D eigenvalue weighted by molar-refractivity contribution is 5.02. The maximum absolute atomic E-state index is 5.44. The molecule has 0 bridgehead atoms. The van der Waals surface area contributed by atoms with Crippen molar-refractivity contribution in [1.29, 1.82) is 0 Å². The molecule has 4 unspecified atom stereocenters. The highest BCUT2D eigenvalue weighted by atomic mass is 16.5. The van der Waals surface area contributed by atoms with Gasteiger partial charge < -0.3 is 14.6 Å². The number of fused-ring (bicyclic) bond motifs is 1. The predicted molar refractivity (Wildman–Crippen MR) is 70.6 cm³/mol. The monoisotopic (exact) mass is 265 g/mol.